The first kappa shape index (κ1) is 27.4. The molecule has 0 aliphatic rings. The van der Waals surface area contributed by atoms with Crippen LogP contribution in [0, 0.1) is 5.92 Å². The summed E-state index contributed by atoms with van der Waals surface area (Å²) in [5.41, 5.74) is 2.54. The second-order valence-electron chi connectivity index (χ2n) is 8.57. The Labute approximate surface area is 225 Å². The number of hydrogen-bond acceptors (Lipinski definition) is 8. The average molecular weight is 610 g/mol. The minimum Gasteiger partial charge on any atom is -0.467 e. The predicted molar refractivity (Wildman–Crippen MR) is 143 cm³/mol. The second kappa shape index (κ2) is 11.8. The number of phosphoric ester groups is 1. The van der Waals surface area contributed by atoms with Crippen LogP contribution in [0.1, 0.15) is 37.0 Å². The number of aromatic nitrogens is 4. The van der Waals surface area contributed by atoms with Crippen LogP contribution in [0.4, 0.5) is 5.82 Å². The molecule has 14 heteroatoms. The molecule has 0 bridgehead atoms. The van der Waals surface area contributed by atoms with Crippen molar-refractivity contribution < 1.29 is 28.4 Å². The lowest BCUT2D eigenvalue weighted by molar-refractivity contribution is 0.0829. The van der Waals surface area contributed by atoms with E-state index in [1.54, 1.807) is 29.6 Å². The number of nitrogens with zero attached hydrogens (tertiary/aromatic N) is 4. The maximum Gasteiger partial charge on any atom is 0.472 e. The van der Waals surface area contributed by atoms with Crippen molar-refractivity contribution in [1.82, 2.24) is 19.1 Å². The van der Waals surface area contributed by atoms with E-state index in [1.165, 1.54) is 17.7 Å². The molecule has 196 valence electrons. The predicted octanol–water partition coefficient (Wildman–Crippen LogP) is 5.45. The second-order valence-corrected chi connectivity index (χ2v) is 11.3. The van der Waals surface area contributed by atoms with Crippen LogP contribution in [-0.2, 0) is 15.6 Å². The Kier molecular flexibility index (Phi) is 8.73. The highest BCUT2D eigenvalue weighted by Crippen LogP contribution is 2.36. The van der Waals surface area contributed by atoms with Crippen molar-refractivity contribution in [2.24, 2.45) is 5.92 Å². The molecule has 0 radical (unpaired) electrons. The van der Waals surface area contributed by atoms with Gasteiger partial charge in [-0.1, -0.05) is 13.8 Å². The highest BCUT2D eigenvalue weighted by molar-refractivity contribution is 9.10. The molecule has 3 aromatic heterocycles. The van der Waals surface area contributed by atoms with Crippen molar-refractivity contribution in [3.05, 3.63) is 51.9 Å². The van der Waals surface area contributed by atoms with Gasteiger partial charge >= 0.3 is 7.82 Å². The molecule has 0 fully saturated rings. The van der Waals surface area contributed by atoms with Gasteiger partial charge in [-0.3, -0.25) is 4.79 Å². The number of carbonyl (C=O) groups excluding carboxylic acids is 1. The SMILES string of the molecule is CC(C)CCCn1nc(NC(=O)c2cnsc2)c2cc(Br)c(-c3ccc(OCOP(=O)(O)O)cc3)nc21. The number of nitrogens with one attached hydrogen (secondary N) is 1. The summed E-state index contributed by atoms with van der Waals surface area (Å²) in [5, 5.41) is 9.92. The summed E-state index contributed by atoms with van der Waals surface area (Å²) in [6.07, 6.45) is 3.45. The first-order valence-electron chi connectivity index (χ1n) is 11.3. The third-order valence-electron chi connectivity index (χ3n) is 5.33. The van der Waals surface area contributed by atoms with Crippen LogP contribution < -0.4 is 10.1 Å². The van der Waals surface area contributed by atoms with Gasteiger partial charge < -0.3 is 19.8 Å². The van der Waals surface area contributed by atoms with Gasteiger partial charge in [-0.15, -0.1) is 0 Å². The van der Waals surface area contributed by atoms with Crippen LogP contribution in [0.3, 0.4) is 0 Å². The Morgan fingerprint density at radius 1 is 1.27 bits per heavy atom. The van der Waals surface area contributed by atoms with Crippen molar-refractivity contribution in [3.8, 4) is 17.0 Å². The standard InChI is InChI=1S/C23H25BrN5O6PS/c1-14(2)4-3-9-29-22-18(21(28-29)27-23(30)16-11-25-37-12-16)10-19(24)20(26-22)15-5-7-17(8-6-15)34-13-35-36(31,32)33/h5-8,10-12,14H,3-4,9,13H2,1-2H3,(H,27,28,30)(H2,31,32,33). The number of amides is 1. The number of rotatable bonds is 11. The molecule has 3 N–H and O–H groups in total. The molecule has 4 rings (SSSR count). The summed E-state index contributed by atoms with van der Waals surface area (Å²) in [7, 11) is -4.61. The molecule has 37 heavy (non-hydrogen) atoms. The highest BCUT2D eigenvalue weighted by Gasteiger charge is 2.19. The smallest absolute Gasteiger partial charge is 0.467 e. The van der Waals surface area contributed by atoms with Crippen LogP contribution in [-0.4, -0.2) is 41.6 Å². The Balaban J connectivity index is 1.63. The van der Waals surface area contributed by atoms with E-state index in [4.69, 9.17) is 19.5 Å². The summed E-state index contributed by atoms with van der Waals surface area (Å²) in [5.74, 6) is 1.06. The van der Waals surface area contributed by atoms with Crippen molar-refractivity contribution in [2.75, 3.05) is 12.1 Å². The molecule has 0 atom stereocenters. The van der Waals surface area contributed by atoms with E-state index >= 15 is 0 Å². The molecule has 1 aromatic carbocycles. The van der Waals surface area contributed by atoms with Gasteiger partial charge in [0.25, 0.3) is 5.91 Å². The molecule has 0 aliphatic carbocycles. The van der Waals surface area contributed by atoms with E-state index in [0.29, 0.717) is 50.8 Å². The maximum absolute atomic E-state index is 12.7. The van der Waals surface area contributed by atoms with E-state index in [9.17, 15) is 9.36 Å². The summed E-state index contributed by atoms with van der Waals surface area (Å²) in [4.78, 5) is 35.1. The largest absolute Gasteiger partial charge is 0.472 e. The average Bonchev–Trinajstić information content (AvgIpc) is 3.47. The third kappa shape index (κ3) is 7.22. The van der Waals surface area contributed by atoms with Gasteiger partial charge in [0.1, 0.15) is 5.75 Å². The molecule has 0 unspecified atom stereocenters. The van der Waals surface area contributed by atoms with Crippen LogP contribution in [0.25, 0.3) is 22.3 Å². The van der Waals surface area contributed by atoms with Crippen LogP contribution in [0.2, 0.25) is 0 Å². The van der Waals surface area contributed by atoms with Gasteiger partial charge in [-0.2, -0.15) is 5.10 Å². The Hall–Kier alpha value is -2.67. The van der Waals surface area contributed by atoms with E-state index in [2.05, 4.69) is 49.1 Å². The number of ether oxygens (including phenoxy) is 1. The molecule has 11 nitrogen and oxygen atoms in total. The van der Waals surface area contributed by atoms with Crippen molar-refractivity contribution in [2.45, 2.75) is 33.2 Å². The summed E-state index contributed by atoms with van der Waals surface area (Å²) < 4.78 is 26.8. The van der Waals surface area contributed by atoms with E-state index in [-0.39, 0.29) is 5.91 Å². The Morgan fingerprint density at radius 2 is 2.03 bits per heavy atom. The first-order valence-corrected chi connectivity index (χ1v) is 14.5. The molecule has 0 saturated heterocycles. The Bertz CT molecular complexity index is 1420. The van der Waals surface area contributed by atoms with Gasteiger partial charge in [-0.05, 0) is 76.6 Å². The highest BCUT2D eigenvalue weighted by atomic mass is 79.9. The molecule has 1 amide bonds. The number of fused-ring (bicyclic) bond motifs is 1. The number of halogens is 1. The lowest BCUT2D eigenvalue weighted by atomic mass is 10.1. The van der Waals surface area contributed by atoms with E-state index in [0.717, 1.165) is 18.4 Å². The van der Waals surface area contributed by atoms with Crippen molar-refractivity contribution in [3.63, 3.8) is 0 Å². The van der Waals surface area contributed by atoms with Crippen LogP contribution in [0.5, 0.6) is 5.75 Å². The number of benzene rings is 1. The first-order chi connectivity index (χ1) is 17.6. The zero-order valence-electron chi connectivity index (χ0n) is 20.0. The number of aryl methyl sites for hydroxylation is 1. The molecular formula is C23H25BrN5O6PS. The maximum atomic E-state index is 12.7. The monoisotopic (exact) mass is 609 g/mol. The van der Waals surface area contributed by atoms with E-state index in [1.807, 2.05) is 10.7 Å². The third-order valence-corrected chi connectivity index (χ3v) is 6.96. The molecule has 0 aliphatic heterocycles. The van der Waals surface area contributed by atoms with Gasteiger partial charge in [0.05, 0.1) is 22.8 Å². The number of hydrogen-bond donors (Lipinski definition) is 3. The number of phosphoric acid groups is 1. The van der Waals surface area contributed by atoms with E-state index < -0.39 is 14.6 Å². The van der Waals surface area contributed by atoms with Crippen molar-refractivity contribution in [1.29, 1.82) is 0 Å². The topological polar surface area (TPSA) is 149 Å². The number of carbonyl (C=O) groups is 1. The van der Waals surface area contributed by atoms with Gasteiger partial charge in [-0.25, -0.2) is 23.1 Å². The molecule has 0 spiro atoms. The van der Waals surface area contributed by atoms with Gasteiger partial charge in [0, 0.05) is 22.0 Å². The van der Waals surface area contributed by atoms with Crippen LogP contribution in [0.15, 0.2) is 46.4 Å². The fraction of sp³-hybridized carbons (Fsp3) is 0.304. The summed E-state index contributed by atoms with van der Waals surface area (Å²) in [6, 6.07) is 8.73. The zero-order valence-corrected chi connectivity index (χ0v) is 23.3. The lowest BCUT2D eigenvalue weighted by Gasteiger charge is -2.10. The van der Waals surface area contributed by atoms with Crippen LogP contribution >= 0.6 is 35.3 Å². The minimum atomic E-state index is -4.61. The fourth-order valence-electron chi connectivity index (χ4n) is 3.54. The molecular weight excluding hydrogens is 585 g/mol. The molecule has 3 heterocycles. The summed E-state index contributed by atoms with van der Waals surface area (Å²) >= 11 is 4.80. The number of anilines is 1. The minimum absolute atomic E-state index is 0.291. The zero-order chi connectivity index (χ0) is 26.6. The Morgan fingerprint density at radius 3 is 2.68 bits per heavy atom. The van der Waals surface area contributed by atoms with Gasteiger partial charge in [0.2, 0.25) is 0 Å². The molecule has 4 aromatic rings. The van der Waals surface area contributed by atoms with Crippen molar-refractivity contribution >= 4 is 58.0 Å². The lowest BCUT2D eigenvalue weighted by Crippen LogP contribution is -2.12. The fourth-order valence-corrected chi connectivity index (χ4v) is 4.79. The normalized spacial score (nSPS) is 11.8. The van der Waals surface area contributed by atoms with Gasteiger partial charge in [0.15, 0.2) is 18.3 Å². The quantitative estimate of drug-likeness (QED) is 0.149. The number of pyridine rings is 1. The summed E-state index contributed by atoms with van der Waals surface area (Å²) in [6.45, 7) is 4.40. The molecule has 0 saturated carbocycles.